The molecule has 1 aromatic rings. The van der Waals surface area contributed by atoms with Crippen molar-refractivity contribution in [1.29, 1.82) is 0 Å². The highest BCUT2D eigenvalue weighted by Crippen LogP contribution is 2.32. The van der Waals surface area contributed by atoms with Crippen LogP contribution in [0.15, 0.2) is 12.1 Å². The van der Waals surface area contributed by atoms with E-state index in [4.69, 9.17) is 15.2 Å². The molecular formula is C12H18FNO2. The molecule has 0 heterocycles. The van der Waals surface area contributed by atoms with Gasteiger partial charge in [-0.1, -0.05) is 13.3 Å². The highest BCUT2D eigenvalue weighted by Gasteiger charge is 2.15. The topological polar surface area (TPSA) is 44.5 Å². The quantitative estimate of drug-likeness (QED) is 0.841. The smallest absolute Gasteiger partial charge is 0.163 e. The van der Waals surface area contributed by atoms with E-state index in [9.17, 15) is 4.39 Å². The number of ether oxygens (including phenoxy) is 2. The Hall–Kier alpha value is -1.29. The van der Waals surface area contributed by atoms with Crippen molar-refractivity contribution in [3.63, 3.8) is 0 Å². The van der Waals surface area contributed by atoms with Gasteiger partial charge in [-0.15, -0.1) is 0 Å². The third-order valence-electron chi connectivity index (χ3n) is 2.50. The summed E-state index contributed by atoms with van der Waals surface area (Å²) in [6.45, 7) is 2.01. The number of benzene rings is 1. The highest BCUT2D eigenvalue weighted by molar-refractivity contribution is 5.44. The van der Waals surface area contributed by atoms with Crippen molar-refractivity contribution in [2.45, 2.75) is 25.8 Å². The number of rotatable bonds is 5. The number of halogens is 1. The summed E-state index contributed by atoms with van der Waals surface area (Å²) >= 11 is 0. The number of hydrogen-bond donors (Lipinski definition) is 1. The van der Waals surface area contributed by atoms with Gasteiger partial charge >= 0.3 is 0 Å². The average Bonchev–Trinajstić information content (AvgIpc) is 2.28. The molecule has 0 aliphatic rings. The van der Waals surface area contributed by atoms with Gasteiger partial charge in [-0.25, -0.2) is 4.39 Å². The van der Waals surface area contributed by atoms with Gasteiger partial charge in [-0.05, 0) is 12.5 Å². The number of methoxy groups -OCH3 is 2. The summed E-state index contributed by atoms with van der Waals surface area (Å²) in [4.78, 5) is 0. The van der Waals surface area contributed by atoms with Gasteiger partial charge in [-0.3, -0.25) is 0 Å². The second-order valence-corrected chi connectivity index (χ2v) is 3.62. The molecular weight excluding hydrogens is 209 g/mol. The molecule has 0 aromatic heterocycles. The van der Waals surface area contributed by atoms with E-state index in [-0.39, 0.29) is 11.9 Å². The van der Waals surface area contributed by atoms with Gasteiger partial charge < -0.3 is 15.2 Å². The third-order valence-corrected chi connectivity index (χ3v) is 2.50. The van der Waals surface area contributed by atoms with Gasteiger partial charge in [0, 0.05) is 17.7 Å². The molecule has 0 saturated carbocycles. The van der Waals surface area contributed by atoms with Crippen LogP contribution in [0.4, 0.5) is 4.39 Å². The zero-order valence-corrected chi connectivity index (χ0v) is 9.92. The minimum absolute atomic E-state index is 0.301. The first kappa shape index (κ1) is 12.8. The Balaban J connectivity index is 3.10. The maximum absolute atomic E-state index is 13.7. The van der Waals surface area contributed by atoms with Crippen molar-refractivity contribution in [2.75, 3.05) is 14.2 Å². The first-order chi connectivity index (χ1) is 7.63. The molecule has 0 unspecified atom stereocenters. The van der Waals surface area contributed by atoms with Crippen molar-refractivity contribution >= 4 is 0 Å². The first-order valence-electron chi connectivity index (χ1n) is 5.31. The predicted molar refractivity (Wildman–Crippen MR) is 61.3 cm³/mol. The van der Waals surface area contributed by atoms with Crippen molar-refractivity contribution in [1.82, 2.24) is 0 Å². The van der Waals surface area contributed by atoms with Crippen LogP contribution in [0.1, 0.15) is 31.4 Å². The highest BCUT2D eigenvalue weighted by atomic mass is 19.1. The standard InChI is InChI=1S/C12H18FNO2/c1-4-5-10(14)8-6-11(15-2)12(16-3)7-9(8)13/h6-7,10H,4-5,14H2,1-3H3/t10-/m0/s1. The van der Waals surface area contributed by atoms with Crippen LogP contribution in [0.25, 0.3) is 0 Å². The molecule has 1 aromatic carbocycles. The molecule has 0 radical (unpaired) electrons. The molecule has 0 amide bonds. The van der Waals surface area contributed by atoms with Gasteiger partial charge in [0.25, 0.3) is 0 Å². The summed E-state index contributed by atoms with van der Waals surface area (Å²) < 4.78 is 23.8. The van der Waals surface area contributed by atoms with E-state index in [0.717, 1.165) is 12.8 Å². The van der Waals surface area contributed by atoms with E-state index in [1.807, 2.05) is 6.92 Å². The molecule has 16 heavy (non-hydrogen) atoms. The fourth-order valence-corrected chi connectivity index (χ4v) is 1.62. The van der Waals surface area contributed by atoms with E-state index in [0.29, 0.717) is 17.1 Å². The number of hydrogen-bond acceptors (Lipinski definition) is 3. The lowest BCUT2D eigenvalue weighted by atomic mass is 10.0. The lowest BCUT2D eigenvalue weighted by Crippen LogP contribution is -2.12. The zero-order chi connectivity index (χ0) is 12.1. The maximum Gasteiger partial charge on any atom is 0.163 e. The lowest BCUT2D eigenvalue weighted by Gasteiger charge is -2.15. The van der Waals surface area contributed by atoms with E-state index in [1.54, 1.807) is 6.07 Å². The predicted octanol–water partition coefficient (Wildman–Crippen LogP) is 2.64. The lowest BCUT2D eigenvalue weighted by molar-refractivity contribution is 0.350. The summed E-state index contributed by atoms with van der Waals surface area (Å²) in [6, 6.07) is 2.61. The van der Waals surface area contributed by atoms with Crippen molar-refractivity contribution in [3.05, 3.63) is 23.5 Å². The van der Waals surface area contributed by atoms with Crippen LogP contribution < -0.4 is 15.2 Å². The molecule has 3 nitrogen and oxygen atoms in total. The molecule has 0 aliphatic heterocycles. The van der Waals surface area contributed by atoms with E-state index in [2.05, 4.69) is 0 Å². The van der Waals surface area contributed by atoms with Crippen LogP contribution in [0.3, 0.4) is 0 Å². The van der Waals surface area contributed by atoms with Crippen LogP contribution >= 0.6 is 0 Å². The first-order valence-corrected chi connectivity index (χ1v) is 5.31. The summed E-state index contributed by atoms with van der Waals surface area (Å²) in [7, 11) is 2.99. The molecule has 0 aliphatic carbocycles. The molecule has 2 N–H and O–H groups in total. The molecule has 1 rings (SSSR count). The fraction of sp³-hybridized carbons (Fsp3) is 0.500. The van der Waals surface area contributed by atoms with Gasteiger partial charge in [0.1, 0.15) is 5.82 Å². The monoisotopic (exact) mass is 227 g/mol. The zero-order valence-electron chi connectivity index (χ0n) is 9.92. The van der Waals surface area contributed by atoms with Crippen molar-refractivity contribution in [2.24, 2.45) is 5.73 Å². The van der Waals surface area contributed by atoms with Crippen LogP contribution in [-0.4, -0.2) is 14.2 Å². The molecule has 0 saturated heterocycles. The Morgan fingerprint density at radius 2 is 1.81 bits per heavy atom. The Labute approximate surface area is 95.4 Å². The molecule has 0 fully saturated rings. The van der Waals surface area contributed by atoms with E-state index in [1.165, 1.54) is 20.3 Å². The fourth-order valence-electron chi connectivity index (χ4n) is 1.62. The minimum Gasteiger partial charge on any atom is -0.493 e. The van der Waals surface area contributed by atoms with Crippen LogP contribution in [0, 0.1) is 5.82 Å². The molecule has 4 heteroatoms. The molecule has 90 valence electrons. The summed E-state index contributed by atoms with van der Waals surface area (Å²) in [5, 5.41) is 0. The van der Waals surface area contributed by atoms with Crippen LogP contribution in [0.2, 0.25) is 0 Å². The Bertz CT molecular complexity index is 355. The minimum atomic E-state index is -0.349. The number of nitrogens with two attached hydrogens (primary N) is 1. The molecule has 0 spiro atoms. The Morgan fingerprint density at radius 3 is 2.31 bits per heavy atom. The second-order valence-electron chi connectivity index (χ2n) is 3.62. The summed E-state index contributed by atoms with van der Waals surface area (Å²) in [5.41, 5.74) is 6.36. The van der Waals surface area contributed by atoms with Crippen LogP contribution in [0.5, 0.6) is 11.5 Å². The average molecular weight is 227 g/mol. The van der Waals surface area contributed by atoms with E-state index < -0.39 is 0 Å². The normalized spacial score (nSPS) is 12.3. The maximum atomic E-state index is 13.7. The van der Waals surface area contributed by atoms with Gasteiger partial charge in [0.15, 0.2) is 11.5 Å². The molecule has 0 bridgehead atoms. The van der Waals surface area contributed by atoms with Gasteiger partial charge in [0.2, 0.25) is 0 Å². The third kappa shape index (κ3) is 2.64. The van der Waals surface area contributed by atoms with Crippen LogP contribution in [-0.2, 0) is 0 Å². The van der Waals surface area contributed by atoms with Crippen molar-refractivity contribution in [3.8, 4) is 11.5 Å². The Kier molecular flexibility index (Phi) is 4.55. The molecule has 1 atom stereocenters. The van der Waals surface area contributed by atoms with Crippen molar-refractivity contribution < 1.29 is 13.9 Å². The summed E-state index contributed by atoms with van der Waals surface area (Å²) in [6.07, 6.45) is 1.65. The van der Waals surface area contributed by atoms with Gasteiger partial charge in [-0.2, -0.15) is 0 Å². The Morgan fingerprint density at radius 1 is 1.25 bits per heavy atom. The SMILES string of the molecule is CCC[C@H](N)c1cc(OC)c(OC)cc1F. The van der Waals surface area contributed by atoms with Gasteiger partial charge in [0.05, 0.1) is 14.2 Å². The van der Waals surface area contributed by atoms with E-state index >= 15 is 0 Å². The summed E-state index contributed by atoms with van der Waals surface area (Å²) in [5.74, 6) is 0.538. The largest absolute Gasteiger partial charge is 0.493 e. The second kappa shape index (κ2) is 5.70.